The number of aliphatic hydroxyl groups excluding tert-OH is 1. The summed E-state index contributed by atoms with van der Waals surface area (Å²) < 4.78 is 0. The number of nitrogens with two attached hydrogens (primary N) is 1. The van der Waals surface area contributed by atoms with E-state index in [0.717, 1.165) is 16.7 Å². The minimum atomic E-state index is -1.57. The molecule has 0 saturated heterocycles. The van der Waals surface area contributed by atoms with Gasteiger partial charge in [-0.2, -0.15) is 0 Å². The van der Waals surface area contributed by atoms with Gasteiger partial charge in [0.05, 0.1) is 6.04 Å². The Morgan fingerprint density at radius 3 is 1.71 bits per heavy atom. The fourth-order valence-electron chi connectivity index (χ4n) is 3.93. The van der Waals surface area contributed by atoms with Crippen molar-refractivity contribution in [2.75, 3.05) is 0 Å². The van der Waals surface area contributed by atoms with Gasteiger partial charge in [0, 0.05) is 13.0 Å². The molecule has 0 spiro atoms. The van der Waals surface area contributed by atoms with Crippen LogP contribution in [0.3, 0.4) is 0 Å². The quantitative estimate of drug-likeness (QED) is 0.215. The Morgan fingerprint density at radius 2 is 1.18 bits per heavy atom. The standard InChI is InChI=1S/C29H32N4O5/c30-25(34)18-26(35)32-24(17-21-12-6-2-7-13-21)28(37)33-23(16-20-10-4-1-5-11-20)27(36)29(38)31-19-22-14-8-3-9-15-22/h1-15,23-24,27,36H,16-19H2,(H2,30,34)(H,31,38)(H,32,35)(H,33,37)/t23-,24-,27-/m0/s1. The number of hydrogen-bond donors (Lipinski definition) is 5. The molecule has 6 N–H and O–H groups in total. The summed E-state index contributed by atoms with van der Waals surface area (Å²) in [5, 5.41) is 19.0. The number of carbonyl (C=O) groups excluding carboxylic acids is 4. The zero-order valence-corrected chi connectivity index (χ0v) is 20.9. The molecule has 198 valence electrons. The molecule has 38 heavy (non-hydrogen) atoms. The summed E-state index contributed by atoms with van der Waals surface area (Å²) in [5.74, 6) is -2.78. The highest BCUT2D eigenvalue weighted by Crippen LogP contribution is 2.10. The molecule has 0 unspecified atom stereocenters. The van der Waals surface area contributed by atoms with E-state index in [1.54, 1.807) is 24.3 Å². The van der Waals surface area contributed by atoms with E-state index in [2.05, 4.69) is 16.0 Å². The molecule has 0 fully saturated rings. The fraction of sp³-hybridized carbons (Fsp3) is 0.241. The van der Waals surface area contributed by atoms with Crippen molar-refractivity contribution in [2.45, 2.75) is 44.0 Å². The lowest BCUT2D eigenvalue weighted by Gasteiger charge is -2.27. The zero-order valence-electron chi connectivity index (χ0n) is 20.9. The fourth-order valence-corrected chi connectivity index (χ4v) is 3.93. The van der Waals surface area contributed by atoms with E-state index < -0.39 is 48.2 Å². The lowest BCUT2D eigenvalue weighted by Crippen LogP contribution is -2.56. The van der Waals surface area contributed by atoms with Crippen LogP contribution in [-0.2, 0) is 38.6 Å². The third-order valence-corrected chi connectivity index (χ3v) is 5.85. The van der Waals surface area contributed by atoms with Crippen LogP contribution in [0.5, 0.6) is 0 Å². The number of benzene rings is 3. The normalized spacial score (nSPS) is 13.0. The van der Waals surface area contributed by atoms with Crippen LogP contribution < -0.4 is 21.7 Å². The van der Waals surface area contributed by atoms with E-state index in [4.69, 9.17) is 5.73 Å². The SMILES string of the molecule is NC(=O)CC(=O)N[C@@H](Cc1ccccc1)C(=O)N[C@@H](Cc1ccccc1)[C@H](O)C(=O)NCc1ccccc1. The van der Waals surface area contributed by atoms with E-state index in [-0.39, 0.29) is 19.4 Å². The van der Waals surface area contributed by atoms with Crippen LogP contribution in [0.1, 0.15) is 23.1 Å². The average molecular weight is 517 g/mol. The number of amides is 4. The number of hydrogen-bond acceptors (Lipinski definition) is 5. The Morgan fingerprint density at radius 1 is 0.684 bits per heavy atom. The van der Waals surface area contributed by atoms with Crippen molar-refractivity contribution in [1.29, 1.82) is 0 Å². The van der Waals surface area contributed by atoms with Gasteiger partial charge < -0.3 is 26.8 Å². The van der Waals surface area contributed by atoms with E-state index in [0.29, 0.717) is 0 Å². The second-order valence-electron chi connectivity index (χ2n) is 8.91. The van der Waals surface area contributed by atoms with E-state index in [1.165, 1.54) is 0 Å². The highest BCUT2D eigenvalue weighted by Gasteiger charge is 2.31. The Kier molecular flexibility index (Phi) is 10.6. The van der Waals surface area contributed by atoms with Gasteiger partial charge >= 0.3 is 0 Å². The summed E-state index contributed by atoms with van der Waals surface area (Å²) in [6, 6.07) is 25.3. The van der Waals surface area contributed by atoms with E-state index in [9.17, 15) is 24.3 Å². The molecular weight excluding hydrogens is 484 g/mol. The third-order valence-electron chi connectivity index (χ3n) is 5.85. The van der Waals surface area contributed by atoms with Gasteiger partial charge in [0.25, 0.3) is 5.91 Å². The molecule has 3 aromatic rings. The molecule has 0 radical (unpaired) electrons. The van der Waals surface area contributed by atoms with Crippen LogP contribution in [0, 0.1) is 0 Å². The van der Waals surface area contributed by atoms with Gasteiger partial charge in [-0.3, -0.25) is 19.2 Å². The van der Waals surface area contributed by atoms with Crippen molar-refractivity contribution in [2.24, 2.45) is 5.73 Å². The monoisotopic (exact) mass is 516 g/mol. The summed E-state index contributed by atoms with van der Waals surface area (Å²) in [6.45, 7) is 0.211. The summed E-state index contributed by atoms with van der Waals surface area (Å²) in [7, 11) is 0. The Labute approximate surface area is 221 Å². The van der Waals surface area contributed by atoms with Gasteiger partial charge in [0.2, 0.25) is 17.7 Å². The van der Waals surface area contributed by atoms with Crippen LogP contribution in [0.25, 0.3) is 0 Å². The molecule has 3 aromatic carbocycles. The molecule has 3 rings (SSSR count). The van der Waals surface area contributed by atoms with Crippen LogP contribution in [-0.4, -0.2) is 46.9 Å². The third kappa shape index (κ3) is 9.18. The highest BCUT2D eigenvalue weighted by atomic mass is 16.3. The topological polar surface area (TPSA) is 151 Å². The maximum absolute atomic E-state index is 13.4. The first-order valence-corrected chi connectivity index (χ1v) is 12.3. The van der Waals surface area contributed by atoms with Crippen molar-refractivity contribution in [1.82, 2.24) is 16.0 Å². The van der Waals surface area contributed by atoms with Crippen LogP contribution >= 0.6 is 0 Å². The maximum atomic E-state index is 13.4. The number of primary amides is 1. The Hall–Kier alpha value is -4.50. The van der Waals surface area contributed by atoms with Crippen molar-refractivity contribution in [3.05, 3.63) is 108 Å². The number of nitrogens with one attached hydrogen (secondary N) is 3. The molecule has 0 heterocycles. The van der Waals surface area contributed by atoms with Gasteiger partial charge in [-0.05, 0) is 23.1 Å². The first-order chi connectivity index (χ1) is 18.3. The predicted molar refractivity (Wildman–Crippen MR) is 142 cm³/mol. The van der Waals surface area contributed by atoms with Crippen molar-refractivity contribution in [3.8, 4) is 0 Å². The van der Waals surface area contributed by atoms with Gasteiger partial charge in [0.15, 0.2) is 6.10 Å². The summed E-state index contributed by atoms with van der Waals surface area (Å²) in [4.78, 5) is 49.8. The molecule has 9 nitrogen and oxygen atoms in total. The first-order valence-electron chi connectivity index (χ1n) is 12.3. The second-order valence-corrected chi connectivity index (χ2v) is 8.91. The minimum absolute atomic E-state index is 0.130. The van der Waals surface area contributed by atoms with Gasteiger partial charge in [0.1, 0.15) is 12.5 Å². The van der Waals surface area contributed by atoms with Crippen molar-refractivity contribution >= 4 is 23.6 Å². The van der Waals surface area contributed by atoms with E-state index >= 15 is 0 Å². The zero-order chi connectivity index (χ0) is 27.3. The molecule has 0 aliphatic heterocycles. The maximum Gasteiger partial charge on any atom is 0.251 e. The Balaban J connectivity index is 1.77. The number of aliphatic hydroxyl groups is 1. The van der Waals surface area contributed by atoms with Gasteiger partial charge in [-0.1, -0.05) is 91.0 Å². The largest absolute Gasteiger partial charge is 0.381 e. The van der Waals surface area contributed by atoms with Crippen molar-refractivity contribution < 1.29 is 24.3 Å². The lowest BCUT2D eigenvalue weighted by atomic mass is 9.99. The van der Waals surface area contributed by atoms with Crippen molar-refractivity contribution in [3.63, 3.8) is 0 Å². The molecular formula is C29H32N4O5. The summed E-state index contributed by atoms with van der Waals surface area (Å²) >= 11 is 0. The van der Waals surface area contributed by atoms with E-state index in [1.807, 2.05) is 66.7 Å². The average Bonchev–Trinajstić information content (AvgIpc) is 2.92. The minimum Gasteiger partial charge on any atom is -0.381 e. The first kappa shape index (κ1) is 28.1. The molecule has 3 atom stereocenters. The summed E-state index contributed by atoms with van der Waals surface area (Å²) in [6.07, 6.45) is -1.84. The lowest BCUT2D eigenvalue weighted by molar-refractivity contribution is -0.135. The molecule has 0 aliphatic carbocycles. The molecule has 9 heteroatoms. The Bertz CT molecular complexity index is 1210. The van der Waals surface area contributed by atoms with Gasteiger partial charge in [-0.15, -0.1) is 0 Å². The smallest absolute Gasteiger partial charge is 0.251 e. The van der Waals surface area contributed by atoms with Crippen LogP contribution in [0.2, 0.25) is 0 Å². The molecule has 0 saturated carbocycles. The van der Waals surface area contributed by atoms with Crippen LogP contribution in [0.15, 0.2) is 91.0 Å². The predicted octanol–water partition coefficient (Wildman–Crippen LogP) is 0.994. The molecule has 4 amide bonds. The van der Waals surface area contributed by atoms with Crippen LogP contribution in [0.4, 0.5) is 0 Å². The number of rotatable bonds is 13. The van der Waals surface area contributed by atoms with Gasteiger partial charge in [-0.25, -0.2) is 0 Å². The molecule has 0 aromatic heterocycles. The molecule has 0 bridgehead atoms. The highest BCUT2D eigenvalue weighted by molar-refractivity contribution is 5.98. The number of carbonyl (C=O) groups is 4. The molecule has 0 aliphatic rings. The summed E-state index contributed by atoms with van der Waals surface area (Å²) in [5.41, 5.74) is 7.56. The second kappa shape index (κ2) is 14.3.